The number of hydrogen-bond donors (Lipinski definition) is 1. The molecular formula is C18H23NO4S. The molecule has 0 aliphatic heterocycles. The van der Waals surface area contributed by atoms with Gasteiger partial charge in [0.15, 0.2) is 0 Å². The van der Waals surface area contributed by atoms with Gasteiger partial charge in [-0.25, -0.2) is 13.1 Å². The Morgan fingerprint density at radius 3 is 2.25 bits per heavy atom. The zero-order chi connectivity index (χ0) is 17.7. The highest BCUT2D eigenvalue weighted by atomic mass is 32.2. The number of ether oxygens (including phenoxy) is 2. The van der Waals surface area contributed by atoms with Crippen molar-refractivity contribution in [2.24, 2.45) is 0 Å². The van der Waals surface area contributed by atoms with Gasteiger partial charge < -0.3 is 9.47 Å². The highest BCUT2D eigenvalue weighted by molar-refractivity contribution is 7.89. The lowest BCUT2D eigenvalue weighted by molar-refractivity contribution is 0.401. The summed E-state index contributed by atoms with van der Waals surface area (Å²) in [5.41, 5.74) is 2.84. The second kappa shape index (κ2) is 7.68. The van der Waals surface area contributed by atoms with Gasteiger partial charge in [-0.05, 0) is 55.2 Å². The van der Waals surface area contributed by atoms with Crippen molar-refractivity contribution < 1.29 is 17.9 Å². The molecule has 0 amide bonds. The van der Waals surface area contributed by atoms with Crippen LogP contribution in [0.5, 0.6) is 11.5 Å². The molecule has 2 aromatic rings. The van der Waals surface area contributed by atoms with Gasteiger partial charge in [0, 0.05) is 6.54 Å². The van der Waals surface area contributed by atoms with Crippen LogP contribution in [0.15, 0.2) is 41.3 Å². The number of para-hydroxylation sites is 1. The smallest absolute Gasteiger partial charge is 0.244 e. The van der Waals surface area contributed by atoms with Crippen LogP contribution in [0.1, 0.15) is 16.7 Å². The second-order valence-electron chi connectivity index (χ2n) is 5.55. The molecule has 2 aromatic carbocycles. The SMILES string of the molecule is COc1ccccc1CCNS(=O)(=O)c1cc(C)c(C)cc1OC. The van der Waals surface area contributed by atoms with E-state index in [0.717, 1.165) is 22.4 Å². The predicted octanol–water partition coefficient (Wildman–Crippen LogP) is 2.84. The number of rotatable bonds is 7. The lowest BCUT2D eigenvalue weighted by Crippen LogP contribution is -2.26. The highest BCUT2D eigenvalue weighted by Gasteiger charge is 2.20. The van der Waals surface area contributed by atoms with E-state index in [4.69, 9.17) is 9.47 Å². The summed E-state index contributed by atoms with van der Waals surface area (Å²) in [4.78, 5) is 0.160. The molecule has 0 saturated heterocycles. The number of nitrogens with one attached hydrogen (secondary N) is 1. The maximum atomic E-state index is 12.6. The normalized spacial score (nSPS) is 11.3. The molecule has 0 aromatic heterocycles. The molecular weight excluding hydrogens is 326 g/mol. The standard InChI is InChI=1S/C18H23NO4S/c1-13-11-17(23-4)18(12-14(13)2)24(20,21)19-10-9-15-7-5-6-8-16(15)22-3/h5-8,11-12,19H,9-10H2,1-4H3. The molecule has 24 heavy (non-hydrogen) atoms. The van der Waals surface area contributed by atoms with E-state index in [1.54, 1.807) is 19.2 Å². The first-order valence-electron chi connectivity index (χ1n) is 7.66. The first kappa shape index (κ1) is 18.3. The lowest BCUT2D eigenvalue weighted by atomic mass is 10.1. The quantitative estimate of drug-likeness (QED) is 0.835. The summed E-state index contributed by atoms with van der Waals surface area (Å²) in [6.45, 7) is 4.07. The summed E-state index contributed by atoms with van der Waals surface area (Å²) >= 11 is 0. The Morgan fingerprint density at radius 1 is 0.958 bits per heavy atom. The van der Waals surface area contributed by atoms with Crippen LogP contribution in [0, 0.1) is 13.8 Å². The Balaban J connectivity index is 2.16. The van der Waals surface area contributed by atoms with Crippen LogP contribution >= 0.6 is 0 Å². The molecule has 0 heterocycles. The Kier molecular flexibility index (Phi) is 5.85. The minimum Gasteiger partial charge on any atom is -0.496 e. The van der Waals surface area contributed by atoms with E-state index in [-0.39, 0.29) is 11.4 Å². The summed E-state index contributed by atoms with van der Waals surface area (Å²) in [6, 6.07) is 10.9. The van der Waals surface area contributed by atoms with Crippen molar-refractivity contribution in [3.63, 3.8) is 0 Å². The van der Waals surface area contributed by atoms with Gasteiger partial charge in [0.1, 0.15) is 16.4 Å². The third-order valence-electron chi connectivity index (χ3n) is 3.95. The molecule has 0 fully saturated rings. The van der Waals surface area contributed by atoms with Crippen LogP contribution in [0.25, 0.3) is 0 Å². The summed E-state index contributed by atoms with van der Waals surface area (Å²) in [6.07, 6.45) is 0.538. The third-order valence-corrected chi connectivity index (χ3v) is 5.43. The van der Waals surface area contributed by atoms with Gasteiger partial charge in [-0.3, -0.25) is 0 Å². The largest absolute Gasteiger partial charge is 0.496 e. The minimum absolute atomic E-state index is 0.160. The summed E-state index contributed by atoms with van der Waals surface area (Å²) in [5, 5.41) is 0. The van der Waals surface area contributed by atoms with Gasteiger partial charge in [-0.15, -0.1) is 0 Å². The fourth-order valence-electron chi connectivity index (χ4n) is 2.44. The number of methoxy groups -OCH3 is 2. The molecule has 0 aliphatic rings. The molecule has 0 unspecified atom stereocenters. The zero-order valence-corrected chi connectivity index (χ0v) is 15.2. The first-order chi connectivity index (χ1) is 11.4. The third kappa shape index (κ3) is 4.07. The number of aryl methyl sites for hydroxylation is 2. The molecule has 5 nitrogen and oxygen atoms in total. The van der Waals surface area contributed by atoms with E-state index in [0.29, 0.717) is 12.2 Å². The lowest BCUT2D eigenvalue weighted by Gasteiger charge is -2.14. The maximum absolute atomic E-state index is 12.6. The van der Waals surface area contributed by atoms with Crippen LogP contribution in [0.4, 0.5) is 0 Å². The van der Waals surface area contributed by atoms with Crippen LogP contribution in [-0.2, 0) is 16.4 Å². The fourth-order valence-corrected chi connectivity index (χ4v) is 3.71. The monoisotopic (exact) mass is 349 g/mol. The molecule has 2 rings (SSSR count). The first-order valence-corrected chi connectivity index (χ1v) is 9.14. The molecule has 0 radical (unpaired) electrons. The van der Waals surface area contributed by atoms with Gasteiger partial charge in [0.05, 0.1) is 14.2 Å². The van der Waals surface area contributed by atoms with Crippen molar-refractivity contribution in [3.8, 4) is 11.5 Å². The van der Waals surface area contributed by atoms with Gasteiger partial charge in [-0.2, -0.15) is 0 Å². The second-order valence-corrected chi connectivity index (χ2v) is 7.28. The molecule has 0 bridgehead atoms. The van der Waals surface area contributed by atoms with Crippen molar-refractivity contribution in [3.05, 3.63) is 53.1 Å². The number of hydrogen-bond acceptors (Lipinski definition) is 4. The van der Waals surface area contributed by atoms with Crippen molar-refractivity contribution in [2.75, 3.05) is 20.8 Å². The average Bonchev–Trinajstić information content (AvgIpc) is 2.57. The average molecular weight is 349 g/mol. The summed E-state index contributed by atoms with van der Waals surface area (Å²) < 4.78 is 38.3. The van der Waals surface area contributed by atoms with Gasteiger partial charge in [0.25, 0.3) is 0 Å². The van der Waals surface area contributed by atoms with E-state index >= 15 is 0 Å². The van der Waals surface area contributed by atoms with Crippen LogP contribution in [0.3, 0.4) is 0 Å². The van der Waals surface area contributed by atoms with E-state index < -0.39 is 10.0 Å². The van der Waals surface area contributed by atoms with Gasteiger partial charge in [-0.1, -0.05) is 18.2 Å². The zero-order valence-electron chi connectivity index (χ0n) is 14.4. The number of benzene rings is 2. The van der Waals surface area contributed by atoms with Gasteiger partial charge in [0.2, 0.25) is 10.0 Å². The summed E-state index contributed by atoms with van der Waals surface area (Å²) in [7, 11) is -0.577. The molecule has 130 valence electrons. The maximum Gasteiger partial charge on any atom is 0.244 e. The van der Waals surface area contributed by atoms with Crippen molar-refractivity contribution >= 4 is 10.0 Å². The molecule has 0 saturated carbocycles. The van der Waals surface area contributed by atoms with Crippen LogP contribution in [0.2, 0.25) is 0 Å². The Hall–Kier alpha value is -2.05. The fraction of sp³-hybridized carbons (Fsp3) is 0.333. The molecule has 1 N–H and O–H groups in total. The molecule has 0 atom stereocenters. The summed E-state index contributed by atoms with van der Waals surface area (Å²) in [5.74, 6) is 1.10. The Labute approximate surface area is 143 Å². The Morgan fingerprint density at radius 2 is 1.58 bits per heavy atom. The Bertz CT molecular complexity index is 816. The molecule has 6 heteroatoms. The van der Waals surface area contributed by atoms with Crippen LogP contribution < -0.4 is 14.2 Å². The highest BCUT2D eigenvalue weighted by Crippen LogP contribution is 2.27. The predicted molar refractivity (Wildman–Crippen MR) is 94.4 cm³/mol. The minimum atomic E-state index is -3.65. The van der Waals surface area contributed by atoms with E-state index in [1.165, 1.54) is 7.11 Å². The van der Waals surface area contributed by atoms with E-state index in [1.807, 2.05) is 38.1 Å². The van der Waals surface area contributed by atoms with Crippen molar-refractivity contribution in [1.29, 1.82) is 0 Å². The molecule has 0 spiro atoms. The van der Waals surface area contributed by atoms with E-state index in [2.05, 4.69) is 4.72 Å². The topological polar surface area (TPSA) is 64.6 Å². The van der Waals surface area contributed by atoms with Crippen LogP contribution in [-0.4, -0.2) is 29.2 Å². The van der Waals surface area contributed by atoms with Crippen molar-refractivity contribution in [2.45, 2.75) is 25.2 Å². The van der Waals surface area contributed by atoms with Gasteiger partial charge >= 0.3 is 0 Å². The van der Waals surface area contributed by atoms with E-state index in [9.17, 15) is 8.42 Å². The number of sulfonamides is 1. The molecule has 0 aliphatic carbocycles. The van der Waals surface area contributed by atoms with Crippen molar-refractivity contribution in [1.82, 2.24) is 4.72 Å².